The number of halogens is 3. The summed E-state index contributed by atoms with van der Waals surface area (Å²) in [7, 11) is 0. The molecule has 12 heteroatoms. The van der Waals surface area contributed by atoms with Crippen molar-refractivity contribution in [2.75, 3.05) is 31.1 Å². The summed E-state index contributed by atoms with van der Waals surface area (Å²) in [4.78, 5) is 4.01. The fraction of sp³-hybridized carbons (Fsp3) is 0.400. The molecule has 0 atom stereocenters. The zero-order chi connectivity index (χ0) is 18.9. The van der Waals surface area contributed by atoms with E-state index in [2.05, 4.69) is 34.8 Å². The molecule has 4 rings (SSSR count). The molecule has 9 nitrogen and oxygen atoms in total. The monoisotopic (exact) mass is 380 g/mol. The highest BCUT2D eigenvalue weighted by Crippen LogP contribution is 2.28. The predicted molar refractivity (Wildman–Crippen MR) is 85.9 cm³/mol. The minimum absolute atomic E-state index is 0.0425. The van der Waals surface area contributed by atoms with Crippen molar-refractivity contribution >= 4 is 5.82 Å². The topological polar surface area (TPSA) is 89.0 Å². The van der Waals surface area contributed by atoms with Gasteiger partial charge in [0.25, 0.3) is 0 Å². The first kappa shape index (κ1) is 17.4. The number of anilines is 1. The van der Waals surface area contributed by atoms with Gasteiger partial charge < -0.3 is 9.32 Å². The molecule has 0 radical (unpaired) electrons. The summed E-state index contributed by atoms with van der Waals surface area (Å²) in [5, 5.41) is 19.0. The lowest BCUT2D eigenvalue weighted by atomic mass is 10.3. The minimum atomic E-state index is -4.62. The molecule has 1 saturated heterocycles. The Morgan fingerprint density at radius 2 is 1.70 bits per heavy atom. The van der Waals surface area contributed by atoms with Crippen molar-refractivity contribution in [3.05, 3.63) is 42.4 Å². The summed E-state index contributed by atoms with van der Waals surface area (Å²) in [6.07, 6.45) is -1.18. The molecule has 0 saturated carbocycles. The fourth-order valence-corrected chi connectivity index (χ4v) is 2.77. The average Bonchev–Trinajstić information content (AvgIpc) is 3.34. The summed E-state index contributed by atoms with van der Waals surface area (Å²) in [5.74, 6) is 0.00442. The van der Waals surface area contributed by atoms with Crippen molar-refractivity contribution in [1.82, 2.24) is 35.1 Å². The van der Waals surface area contributed by atoms with Crippen LogP contribution in [0.5, 0.6) is 0 Å². The highest BCUT2D eigenvalue weighted by Gasteiger charge is 2.38. The Hall–Kier alpha value is -3.02. The molecule has 3 aromatic rings. The van der Waals surface area contributed by atoms with E-state index >= 15 is 0 Å². The van der Waals surface area contributed by atoms with Gasteiger partial charge in [-0.3, -0.25) is 4.90 Å². The van der Waals surface area contributed by atoms with E-state index in [-0.39, 0.29) is 12.4 Å². The molecule has 0 bridgehead atoms. The SMILES string of the molecule is FC(F)(F)c1nnc(CN2CCN(c3ccc(-n4cccn4)nn3)CC2)o1. The molecule has 0 aromatic carbocycles. The number of alkyl halides is 3. The van der Waals surface area contributed by atoms with Crippen LogP contribution in [0.3, 0.4) is 0 Å². The standard InChI is InChI=1S/C15H15F3N8O/c16-15(17,18)14-23-22-13(27-14)10-24-6-8-25(9-7-24)11-2-3-12(21-20-11)26-5-1-4-19-26/h1-5H,6-10H2. The quantitative estimate of drug-likeness (QED) is 0.671. The molecule has 27 heavy (non-hydrogen) atoms. The minimum Gasteiger partial charge on any atom is -0.416 e. The number of hydrogen-bond donors (Lipinski definition) is 0. The van der Waals surface area contributed by atoms with Gasteiger partial charge in [0.05, 0.1) is 6.54 Å². The first-order chi connectivity index (χ1) is 13.0. The maximum atomic E-state index is 12.5. The van der Waals surface area contributed by atoms with Crippen LogP contribution in [0.15, 0.2) is 35.0 Å². The Kier molecular flexibility index (Phi) is 4.48. The molecule has 0 spiro atoms. The molecular formula is C15H15F3N8O. The van der Waals surface area contributed by atoms with Crippen molar-refractivity contribution in [3.63, 3.8) is 0 Å². The normalized spacial score (nSPS) is 16.0. The lowest BCUT2D eigenvalue weighted by Gasteiger charge is -2.34. The molecule has 4 heterocycles. The Bertz CT molecular complexity index is 869. The van der Waals surface area contributed by atoms with Gasteiger partial charge in [0.1, 0.15) is 0 Å². The van der Waals surface area contributed by atoms with Crippen molar-refractivity contribution in [2.24, 2.45) is 0 Å². The summed E-state index contributed by atoms with van der Waals surface area (Å²) in [5.41, 5.74) is 0. The number of nitrogens with zero attached hydrogens (tertiary/aromatic N) is 8. The van der Waals surface area contributed by atoms with Gasteiger partial charge in [0.2, 0.25) is 5.89 Å². The van der Waals surface area contributed by atoms with E-state index in [1.807, 2.05) is 17.0 Å². The first-order valence-corrected chi connectivity index (χ1v) is 8.20. The summed E-state index contributed by atoms with van der Waals surface area (Å²) >= 11 is 0. The van der Waals surface area contributed by atoms with Crippen molar-refractivity contribution < 1.29 is 17.6 Å². The molecule has 1 aliphatic heterocycles. The largest absolute Gasteiger partial charge is 0.470 e. The van der Waals surface area contributed by atoms with Crippen molar-refractivity contribution in [3.8, 4) is 5.82 Å². The van der Waals surface area contributed by atoms with E-state index in [0.29, 0.717) is 32.0 Å². The molecular weight excluding hydrogens is 365 g/mol. The number of rotatable bonds is 4. The lowest BCUT2D eigenvalue weighted by molar-refractivity contribution is -0.157. The maximum absolute atomic E-state index is 12.5. The lowest BCUT2D eigenvalue weighted by Crippen LogP contribution is -2.46. The number of aromatic nitrogens is 6. The van der Waals surface area contributed by atoms with E-state index in [4.69, 9.17) is 0 Å². The van der Waals surface area contributed by atoms with Crippen LogP contribution in [0.1, 0.15) is 11.8 Å². The summed E-state index contributed by atoms with van der Waals surface area (Å²) in [6.45, 7) is 2.77. The molecule has 0 unspecified atom stereocenters. The van der Waals surface area contributed by atoms with E-state index in [9.17, 15) is 13.2 Å². The second-order valence-electron chi connectivity index (χ2n) is 5.96. The Morgan fingerprint density at radius 3 is 2.30 bits per heavy atom. The van der Waals surface area contributed by atoms with Crippen molar-refractivity contribution in [2.45, 2.75) is 12.7 Å². The van der Waals surface area contributed by atoms with Gasteiger partial charge in [-0.25, -0.2) is 4.68 Å². The van der Waals surface area contributed by atoms with E-state index in [1.54, 1.807) is 23.1 Å². The molecule has 1 fully saturated rings. The summed E-state index contributed by atoms with van der Waals surface area (Å²) < 4.78 is 43.8. The molecule has 0 aliphatic carbocycles. The third-order valence-electron chi connectivity index (χ3n) is 4.14. The molecule has 1 aliphatic rings. The first-order valence-electron chi connectivity index (χ1n) is 8.20. The van der Waals surface area contributed by atoms with Gasteiger partial charge in [-0.1, -0.05) is 0 Å². The van der Waals surface area contributed by atoms with Crippen LogP contribution < -0.4 is 4.90 Å². The average molecular weight is 380 g/mol. The second kappa shape index (κ2) is 6.95. The van der Waals surface area contributed by atoms with Gasteiger partial charge in [-0.15, -0.1) is 20.4 Å². The van der Waals surface area contributed by atoms with E-state index < -0.39 is 12.1 Å². The van der Waals surface area contributed by atoms with Gasteiger partial charge in [0, 0.05) is 38.6 Å². The van der Waals surface area contributed by atoms with Gasteiger partial charge in [0.15, 0.2) is 11.6 Å². The predicted octanol–water partition coefficient (Wildman–Crippen LogP) is 1.39. The van der Waals surface area contributed by atoms with E-state index in [1.165, 1.54) is 0 Å². The fourth-order valence-electron chi connectivity index (χ4n) is 2.77. The van der Waals surface area contributed by atoms with Crippen LogP contribution in [0.4, 0.5) is 19.0 Å². The van der Waals surface area contributed by atoms with Gasteiger partial charge >= 0.3 is 12.1 Å². The molecule has 3 aromatic heterocycles. The van der Waals surface area contributed by atoms with Crippen LogP contribution >= 0.6 is 0 Å². The Labute approximate surface area is 151 Å². The Balaban J connectivity index is 1.33. The highest BCUT2D eigenvalue weighted by atomic mass is 19.4. The zero-order valence-electron chi connectivity index (χ0n) is 14.0. The third kappa shape index (κ3) is 3.89. The van der Waals surface area contributed by atoms with Gasteiger partial charge in [-0.2, -0.15) is 18.3 Å². The third-order valence-corrected chi connectivity index (χ3v) is 4.14. The van der Waals surface area contributed by atoms with Crippen LogP contribution in [-0.4, -0.2) is 61.3 Å². The smallest absolute Gasteiger partial charge is 0.416 e. The number of hydrogen-bond acceptors (Lipinski definition) is 8. The van der Waals surface area contributed by atoms with Crippen molar-refractivity contribution in [1.29, 1.82) is 0 Å². The molecule has 142 valence electrons. The van der Waals surface area contributed by atoms with Crippen LogP contribution in [-0.2, 0) is 12.7 Å². The maximum Gasteiger partial charge on any atom is 0.470 e. The molecule has 0 amide bonds. The van der Waals surface area contributed by atoms with Crippen LogP contribution in [0.2, 0.25) is 0 Å². The Morgan fingerprint density at radius 1 is 0.963 bits per heavy atom. The summed E-state index contributed by atoms with van der Waals surface area (Å²) in [6, 6.07) is 5.50. The van der Waals surface area contributed by atoms with Crippen LogP contribution in [0.25, 0.3) is 5.82 Å². The van der Waals surface area contributed by atoms with E-state index in [0.717, 1.165) is 5.82 Å². The number of piperazine rings is 1. The van der Waals surface area contributed by atoms with Crippen LogP contribution in [0, 0.1) is 0 Å². The second-order valence-corrected chi connectivity index (χ2v) is 5.96. The van der Waals surface area contributed by atoms with Gasteiger partial charge in [-0.05, 0) is 18.2 Å². The zero-order valence-corrected chi connectivity index (χ0v) is 14.0. The molecule has 0 N–H and O–H groups in total. The highest BCUT2D eigenvalue weighted by molar-refractivity contribution is 5.40.